The van der Waals surface area contributed by atoms with Crippen molar-refractivity contribution in [2.45, 2.75) is 33.3 Å². The maximum Gasteiger partial charge on any atom is 0.272 e. The van der Waals surface area contributed by atoms with Crippen LogP contribution in [0.4, 0.5) is 5.69 Å². The van der Waals surface area contributed by atoms with Crippen LogP contribution in [0.2, 0.25) is 0 Å². The van der Waals surface area contributed by atoms with Crippen molar-refractivity contribution >= 4 is 11.6 Å². The fourth-order valence-corrected chi connectivity index (χ4v) is 1.70. The molecular formula is C14H20N2O4. The number of aryl methyl sites for hydroxylation is 1. The summed E-state index contributed by atoms with van der Waals surface area (Å²) in [4.78, 5) is 22.1. The molecule has 0 bridgehead atoms. The van der Waals surface area contributed by atoms with Gasteiger partial charge in [-0.1, -0.05) is 0 Å². The van der Waals surface area contributed by atoms with Crippen molar-refractivity contribution in [3.63, 3.8) is 0 Å². The Morgan fingerprint density at radius 3 is 2.70 bits per heavy atom. The van der Waals surface area contributed by atoms with Crippen LogP contribution in [0.25, 0.3) is 0 Å². The van der Waals surface area contributed by atoms with E-state index < -0.39 is 4.92 Å². The van der Waals surface area contributed by atoms with Crippen molar-refractivity contribution in [3.05, 3.63) is 39.4 Å². The fraction of sp³-hybridized carbons (Fsp3) is 0.500. The van der Waals surface area contributed by atoms with Crippen LogP contribution in [0.15, 0.2) is 18.2 Å². The Morgan fingerprint density at radius 2 is 2.15 bits per heavy atom. The minimum Gasteiger partial charge on any atom is -0.379 e. The lowest BCUT2D eigenvalue weighted by Crippen LogP contribution is -2.25. The third kappa shape index (κ3) is 4.97. The molecular weight excluding hydrogens is 260 g/mol. The van der Waals surface area contributed by atoms with Crippen molar-refractivity contribution in [2.24, 2.45) is 0 Å². The topological polar surface area (TPSA) is 81.5 Å². The molecule has 1 aromatic carbocycles. The molecule has 0 spiro atoms. The molecule has 0 heterocycles. The van der Waals surface area contributed by atoms with Crippen molar-refractivity contribution in [1.29, 1.82) is 0 Å². The summed E-state index contributed by atoms with van der Waals surface area (Å²) in [5.74, 6) is -0.229. The molecule has 1 aromatic rings. The molecule has 0 unspecified atom stereocenters. The van der Waals surface area contributed by atoms with Crippen molar-refractivity contribution in [2.75, 3.05) is 13.2 Å². The van der Waals surface area contributed by atoms with Crippen LogP contribution in [-0.2, 0) is 4.74 Å². The molecule has 0 aliphatic heterocycles. The van der Waals surface area contributed by atoms with Gasteiger partial charge >= 0.3 is 0 Å². The highest BCUT2D eigenvalue weighted by Gasteiger charge is 2.13. The monoisotopic (exact) mass is 280 g/mol. The summed E-state index contributed by atoms with van der Waals surface area (Å²) in [7, 11) is 0. The van der Waals surface area contributed by atoms with Gasteiger partial charge in [-0.25, -0.2) is 0 Å². The third-order valence-corrected chi connectivity index (χ3v) is 2.71. The van der Waals surface area contributed by atoms with E-state index in [0.717, 1.165) is 6.42 Å². The number of amides is 1. The van der Waals surface area contributed by atoms with E-state index in [1.54, 1.807) is 6.92 Å². The van der Waals surface area contributed by atoms with Crippen molar-refractivity contribution in [3.8, 4) is 0 Å². The maximum atomic E-state index is 11.9. The molecule has 1 amide bonds. The second-order valence-electron chi connectivity index (χ2n) is 4.79. The summed E-state index contributed by atoms with van der Waals surface area (Å²) in [6.45, 7) is 6.64. The zero-order valence-corrected chi connectivity index (χ0v) is 12.0. The molecule has 0 saturated heterocycles. The van der Waals surface area contributed by atoms with Gasteiger partial charge in [-0.2, -0.15) is 0 Å². The fourth-order valence-electron chi connectivity index (χ4n) is 1.70. The van der Waals surface area contributed by atoms with E-state index in [2.05, 4.69) is 5.32 Å². The summed E-state index contributed by atoms with van der Waals surface area (Å²) < 4.78 is 5.36. The molecule has 0 radical (unpaired) electrons. The Balaban J connectivity index is 2.48. The van der Waals surface area contributed by atoms with Gasteiger partial charge in [0.15, 0.2) is 0 Å². The van der Waals surface area contributed by atoms with Crippen LogP contribution < -0.4 is 5.32 Å². The van der Waals surface area contributed by atoms with E-state index in [0.29, 0.717) is 24.3 Å². The van der Waals surface area contributed by atoms with Crippen LogP contribution >= 0.6 is 0 Å². The number of carbonyl (C=O) groups excluding carboxylic acids is 1. The SMILES string of the molecule is Cc1cc(C(=O)NCCCOC(C)C)ccc1[N+](=O)[O-]. The molecule has 0 aromatic heterocycles. The number of carbonyl (C=O) groups is 1. The molecule has 6 heteroatoms. The van der Waals surface area contributed by atoms with Gasteiger partial charge in [0.2, 0.25) is 0 Å². The first-order valence-electron chi connectivity index (χ1n) is 6.56. The molecule has 1 rings (SSSR count). The smallest absolute Gasteiger partial charge is 0.272 e. The Morgan fingerprint density at radius 1 is 1.45 bits per heavy atom. The summed E-state index contributed by atoms with van der Waals surface area (Å²) in [5.41, 5.74) is 0.926. The number of ether oxygens (including phenoxy) is 1. The minimum absolute atomic E-state index is 0.0203. The van der Waals surface area contributed by atoms with Gasteiger partial charge < -0.3 is 10.1 Å². The van der Waals surface area contributed by atoms with Gasteiger partial charge in [0.25, 0.3) is 11.6 Å². The molecule has 1 N–H and O–H groups in total. The van der Waals surface area contributed by atoms with Crippen molar-refractivity contribution < 1.29 is 14.5 Å². The number of hydrogen-bond acceptors (Lipinski definition) is 4. The predicted molar refractivity (Wildman–Crippen MR) is 75.9 cm³/mol. The molecule has 20 heavy (non-hydrogen) atoms. The third-order valence-electron chi connectivity index (χ3n) is 2.71. The Hall–Kier alpha value is -1.95. The first-order chi connectivity index (χ1) is 9.41. The van der Waals surface area contributed by atoms with Crippen LogP contribution in [0, 0.1) is 17.0 Å². The zero-order valence-electron chi connectivity index (χ0n) is 12.0. The molecule has 0 atom stereocenters. The second kappa shape index (κ2) is 7.59. The number of nitro benzene ring substituents is 1. The van der Waals surface area contributed by atoms with E-state index in [9.17, 15) is 14.9 Å². The van der Waals surface area contributed by atoms with Gasteiger partial charge in [0, 0.05) is 30.3 Å². The highest BCUT2D eigenvalue weighted by Crippen LogP contribution is 2.18. The number of nitrogens with zero attached hydrogens (tertiary/aromatic N) is 1. The lowest BCUT2D eigenvalue weighted by Gasteiger charge is -2.08. The Bertz CT molecular complexity index is 486. The number of nitro groups is 1. The molecule has 110 valence electrons. The summed E-state index contributed by atoms with van der Waals surface area (Å²) in [6.07, 6.45) is 0.915. The number of nitrogens with one attached hydrogen (secondary N) is 1. The second-order valence-corrected chi connectivity index (χ2v) is 4.79. The highest BCUT2D eigenvalue weighted by atomic mass is 16.6. The quantitative estimate of drug-likeness (QED) is 0.472. The number of hydrogen-bond donors (Lipinski definition) is 1. The van der Waals surface area contributed by atoms with E-state index in [1.807, 2.05) is 13.8 Å². The Kier molecular flexibility index (Phi) is 6.11. The first kappa shape index (κ1) is 16.1. The maximum absolute atomic E-state index is 11.9. The molecule has 0 aliphatic carbocycles. The predicted octanol–water partition coefficient (Wildman–Crippen LogP) is 2.45. The normalized spacial score (nSPS) is 10.6. The van der Waals surface area contributed by atoms with Gasteiger partial charge in [0.1, 0.15) is 0 Å². The lowest BCUT2D eigenvalue weighted by atomic mass is 10.1. The van der Waals surface area contributed by atoms with E-state index in [1.165, 1.54) is 18.2 Å². The standard InChI is InChI=1S/C14H20N2O4/c1-10(2)20-8-4-7-15-14(17)12-5-6-13(16(18)19)11(3)9-12/h5-6,9-10H,4,7-8H2,1-3H3,(H,15,17). The van der Waals surface area contributed by atoms with Gasteiger partial charge in [-0.15, -0.1) is 0 Å². The number of benzene rings is 1. The van der Waals surface area contributed by atoms with Gasteiger partial charge in [0.05, 0.1) is 11.0 Å². The van der Waals surface area contributed by atoms with E-state index in [4.69, 9.17) is 4.74 Å². The molecule has 6 nitrogen and oxygen atoms in total. The Labute approximate surface area is 118 Å². The average molecular weight is 280 g/mol. The summed E-state index contributed by atoms with van der Waals surface area (Å²) in [6, 6.07) is 4.34. The van der Waals surface area contributed by atoms with Crippen LogP contribution in [0.3, 0.4) is 0 Å². The first-order valence-corrected chi connectivity index (χ1v) is 6.56. The largest absolute Gasteiger partial charge is 0.379 e. The number of rotatable bonds is 7. The minimum atomic E-state index is -0.458. The van der Waals surface area contributed by atoms with Crippen LogP contribution in [0.5, 0.6) is 0 Å². The molecule has 0 saturated carbocycles. The zero-order chi connectivity index (χ0) is 15.1. The average Bonchev–Trinajstić information content (AvgIpc) is 2.37. The van der Waals surface area contributed by atoms with Gasteiger partial charge in [-0.05, 0) is 39.3 Å². The summed E-state index contributed by atoms with van der Waals surface area (Å²) >= 11 is 0. The summed E-state index contributed by atoms with van der Waals surface area (Å²) in [5, 5.41) is 13.5. The van der Waals surface area contributed by atoms with E-state index in [-0.39, 0.29) is 17.7 Å². The lowest BCUT2D eigenvalue weighted by molar-refractivity contribution is -0.385. The molecule has 0 aliphatic rings. The highest BCUT2D eigenvalue weighted by molar-refractivity contribution is 5.94. The van der Waals surface area contributed by atoms with E-state index >= 15 is 0 Å². The van der Waals surface area contributed by atoms with Crippen LogP contribution in [0.1, 0.15) is 36.2 Å². The molecule has 0 fully saturated rings. The van der Waals surface area contributed by atoms with Gasteiger partial charge in [-0.3, -0.25) is 14.9 Å². The van der Waals surface area contributed by atoms with Crippen LogP contribution in [-0.4, -0.2) is 30.1 Å². The van der Waals surface area contributed by atoms with Crippen molar-refractivity contribution in [1.82, 2.24) is 5.32 Å².